The van der Waals surface area contributed by atoms with Crippen LogP contribution in [0.5, 0.6) is 0 Å². The van der Waals surface area contributed by atoms with Crippen LogP contribution in [0.15, 0.2) is 28.1 Å². The second-order valence-electron chi connectivity index (χ2n) is 4.73. The molecule has 0 aliphatic rings. The number of esters is 1. The van der Waals surface area contributed by atoms with Gasteiger partial charge < -0.3 is 4.74 Å². The van der Waals surface area contributed by atoms with Gasteiger partial charge in [-0.3, -0.25) is 0 Å². The van der Waals surface area contributed by atoms with Gasteiger partial charge in [0.15, 0.2) is 4.21 Å². The highest BCUT2D eigenvalue weighted by molar-refractivity contribution is 7.92. The Labute approximate surface area is 143 Å². The summed E-state index contributed by atoms with van der Waals surface area (Å²) in [7, 11) is -3.86. The van der Waals surface area contributed by atoms with E-state index >= 15 is 0 Å². The lowest BCUT2D eigenvalue weighted by atomic mass is 10.2. The van der Waals surface area contributed by atoms with E-state index in [1.54, 1.807) is 26.8 Å². The Kier molecular flexibility index (Phi) is 5.21. The number of carbonyl (C=O) groups excluding carboxylic acids is 1. The third-order valence-corrected chi connectivity index (χ3v) is 6.37. The molecule has 9 heteroatoms. The molecule has 24 heavy (non-hydrogen) atoms. The van der Waals surface area contributed by atoms with Gasteiger partial charge in [-0.2, -0.15) is 13.7 Å². The summed E-state index contributed by atoms with van der Waals surface area (Å²) < 4.78 is 31.6. The molecule has 7 nitrogen and oxygen atoms in total. The minimum Gasteiger partial charge on any atom is -0.462 e. The van der Waals surface area contributed by atoms with Crippen molar-refractivity contribution in [3.8, 4) is 6.07 Å². The summed E-state index contributed by atoms with van der Waals surface area (Å²) in [4.78, 5) is 15.8. The van der Waals surface area contributed by atoms with E-state index in [-0.39, 0.29) is 22.1 Å². The zero-order valence-electron chi connectivity index (χ0n) is 13.3. The fraction of sp³-hybridized carbons (Fsp3) is 0.267. The van der Waals surface area contributed by atoms with Crippen LogP contribution in [-0.2, 0) is 19.6 Å². The Balaban J connectivity index is 2.53. The average molecular weight is 365 g/mol. The molecule has 0 aromatic carbocycles. The molecular formula is C15H15N3O4S2. The normalized spacial score (nSPS) is 12.0. The maximum Gasteiger partial charge on any atom is 0.348 e. The maximum atomic E-state index is 12.8. The van der Waals surface area contributed by atoms with Crippen LogP contribution in [0, 0.1) is 25.2 Å². The van der Waals surface area contributed by atoms with Crippen molar-refractivity contribution in [3.63, 3.8) is 0 Å². The van der Waals surface area contributed by atoms with E-state index in [0.717, 1.165) is 15.3 Å². The molecule has 2 heterocycles. The maximum absolute atomic E-state index is 12.8. The minimum atomic E-state index is -3.86. The first kappa shape index (κ1) is 17.9. The Morgan fingerprint density at radius 1 is 1.50 bits per heavy atom. The lowest BCUT2D eigenvalue weighted by molar-refractivity contribution is -0.137. The molecule has 0 aliphatic carbocycles. The Bertz CT molecular complexity index is 946. The van der Waals surface area contributed by atoms with Gasteiger partial charge in [0, 0.05) is 6.20 Å². The van der Waals surface area contributed by atoms with Crippen molar-refractivity contribution in [2.75, 3.05) is 6.61 Å². The monoisotopic (exact) mass is 365 g/mol. The molecule has 0 atom stereocenters. The smallest absolute Gasteiger partial charge is 0.348 e. The summed E-state index contributed by atoms with van der Waals surface area (Å²) in [5.74, 6) is -0.796. The second-order valence-corrected chi connectivity index (χ2v) is 7.94. The first-order valence-electron chi connectivity index (χ1n) is 6.97. The van der Waals surface area contributed by atoms with Gasteiger partial charge in [0.1, 0.15) is 11.6 Å². The summed E-state index contributed by atoms with van der Waals surface area (Å²) in [6, 6.07) is 4.75. The number of aromatic nitrogens is 2. The quantitative estimate of drug-likeness (QED) is 0.457. The van der Waals surface area contributed by atoms with Crippen LogP contribution in [0.1, 0.15) is 23.3 Å². The number of thiazole rings is 1. The van der Waals surface area contributed by atoms with Crippen LogP contribution in [0.2, 0.25) is 0 Å². The van der Waals surface area contributed by atoms with Gasteiger partial charge in [0.2, 0.25) is 0 Å². The van der Waals surface area contributed by atoms with Crippen molar-refractivity contribution in [1.29, 1.82) is 5.26 Å². The van der Waals surface area contributed by atoms with Crippen molar-refractivity contribution >= 4 is 33.4 Å². The summed E-state index contributed by atoms with van der Waals surface area (Å²) >= 11 is 1.07. The molecule has 2 aromatic heterocycles. The minimum absolute atomic E-state index is 0.122. The molecule has 0 saturated carbocycles. The molecule has 2 aromatic rings. The molecule has 0 amide bonds. The van der Waals surface area contributed by atoms with Crippen molar-refractivity contribution in [3.05, 3.63) is 40.3 Å². The highest BCUT2D eigenvalue weighted by Crippen LogP contribution is 2.27. The molecule has 0 bridgehead atoms. The van der Waals surface area contributed by atoms with Crippen LogP contribution in [0.25, 0.3) is 6.08 Å². The van der Waals surface area contributed by atoms with Crippen LogP contribution in [-0.4, -0.2) is 30.0 Å². The third kappa shape index (κ3) is 3.39. The van der Waals surface area contributed by atoms with Gasteiger partial charge in [0.05, 0.1) is 23.0 Å². The topological polar surface area (TPSA) is 102 Å². The van der Waals surface area contributed by atoms with Crippen molar-refractivity contribution in [1.82, 2.24) is 8.96 Å². The predicted molar refractivity (Wildman–Crippen MR) is 88.8 cm³/mol. The van der Waals surface area contributed by atoms with E-state index in [1.165, 1.54) is 24.4 Å². The Morgan fingerprint density at radius 2 is 2.21 bits per heavy atom. The molecule has 0 aliphatic heterocycles. The number of rotatable bonds is 5. The van der Waals surface area contributed by atoms with Gasteiger partial charge in [-0.15, -0.1) is 11.3 Å². The zero-order chi connectivity index (χ0) is 17.9. The number of aryl methyl sites for hydroxylation is 2. The van der Waals surface area contributed by atoms with Crippen molar-refractivity contribution in [2.45, 2.75) is 25.0 Å². The third-order valence-electron chi connectivity index (χ3n) is 3.01. The number of ether oxygens (including phenoxy) is 1. The molecule has 0 unspecified atom stereocenters. The van der Waals surface area contributed by atoms with Crippen molar-refractivity contribution < 1.29 is 17.9 Å². The van der Waals surface area contributed by atoms with E-state index in [9.17, 15) is 13.2 Å². The molecule has 2 rings (SSSR count). The number of hydrogen-bond donors (Lipinski definition) is 0. The first-order chi connectivity index (χ1) is 11.3. The van der Waals surface area contributed by atoms with Gasteiger partial charge in [-0.05, 0) is 39.0 Å². The number of hydrogen-bond acceptors (Lipinski definition) is 7. The predicted octanol–water partition coefficient (Wildman–Crippen LogP) is 2.27. The van der Waals surface area contributed by atoms with Crippen LogP contribution in [0.4, 0.5) is 0 Å². The summed E-state index contributed by atoms with van der Waals surface area (Å²) in [5.41, 5.74) is 0.321. The standard InChI is InChI=1S/C15H15N3O4S2/c1-4-22-14(19)12(9-16)8-13-6-5-7-18(13)24(20,21)15-10(2)17-11(3)23-15/h5-8H,4H2,1-3H3/b12-8+. The first-order valence-corrected chi connectivity index (χ1v) is 9.22. The van der Waals surface area contributed by atoms with E-state index in [1.807, 2.05) is 0 Å². The molecule has 0 spiro atoms. The number of nitrogens with zero attached hydrogens (tertiary/aromatic N) is 3. The highest BCUT2D eigenvalue weighted by atomic mass is 32.2. The second kappa shape index (κ2) is 6.98. The summed E-state index contributed by atoms with van der Waals surface area (Å²) in [5, 5.41) is 9.73. The van der Waals surface area contributed by atoms with E-state index in [2.05, 4.69) is 4.98 Å². The molecule has 126 valence electrons. The fourth-order valence-electron chi connectivity index (χ4n) is 2.04. The Morgan fingerprint density at radius 3 is 2.75 bits per heavy atom. The largest absolute Gasteiger partial charge is 0.462 e. The molecule has 0 fully saturated rings. The van der Waals surface area contributed by atoms with Crippen molar-refractivity contribution in [2.24, 2.45) is 0 Å². The summed E-state index contributed by atoms with van der Waals surface area (Å²) in [6.45, 7) is 5.09. The molecule has 0 radical (unpaired) electrons. The number of nitriles is 1. The summed E-state index contributed by atoms with van der Waals surface area (Å²) in [6.07, 6.45) is 2.55. The number of carbonyl (C=O) groups is 1. The van der Waals surface area contributed by atoms with Gasteiger partial charge in [0.25, 0.3) is 10.0 Å². The van der Waals surface area contributed by atoms with E-state index < -0.39 is 16.0 Å². The van der Waals surface area contributed by atoms with Crippen LogP contribution >= 0.6 is 11.3 Å². The lowest BCUT2D eigenvalue weighted by Gasteiger charge is -2.07. The zero-order valence-corrected chi connectivity index (χ0v) is 14.9. The van der Waals surface area contributed by atoms with E-state index in [4.69, 9.17) is 10.00 Å². The Hall–Kier alpha value is -2.44. The molecule has 0 N–H and O–H groups in total. The van der Waals surface area contributed by atoms with Gasteiger partial charge >= 0.3 is 5.97 Å². The molecular weight excluding hydrogens is 350 g/mol. The highest BCUT2D eigenvalue weighted by Gasteiger charge is 2.24. The molecule has 0 saturated heterocycles. The van der Waals surface area contributed by atoms with Gasteiger partial charge in [-0.1, -0.05) is 0 Å². The van der Waals surface area contributed by atoms with Crippen LogP contribution < -0.4 is 0 Å². The van der Waals surface area contributed by atoms with Crippen LogP contribution in [0.3, 0.4) is 0 Å². The SMILES string of the molecule is CCOC(=O)/C(C#N)=C/c1cccn1S(=O)(=O)c1sc(C)nc1C. The van der Waals surface area contributed by atoms with Gasteiger partial charge in [-0.25, -0.2) is 13.8 Å². The van der Waals surface area contributed by atoms with E-state index in [0.29, 0.717) is 10.7 Å². The average Bonchev–Trinajstić information content (AvgIpc) is 3.11. The lowest BCUT2D eigenvalue weighted by Crippen LogP contribution is -2.14. The fourth-order valence-corrected chi connectivity index (χ4v) is 4.93.